The van der Waals surface area contributed by atoms with Crippen LogP contribution in [-0.4, -0.2) is 16.9 Å². The van der Waals surface area contributed by atoms with Gasteiger partial charge in [0.1, 0.15) is 0 Å². The van der Waals surface area contributed by atoms with Gasteiger partial charge in [-0.1, -0.05) is 5.16 Å². The van der Waals surface area contributed by atoms with Crippen LogP contribution in [-0.2, 0) is 4.79 Å². The zero-order valence-corrected chi connectivity index (χ0v) is 8.31. The van der Waals surface area contributed by atoms with Crippen molar-refractivity contribution < 1.29 is 9.32 Å². The first-order chi connectivity index (χ1) is 6.15. The molecule has 0 aliphatic rings. The number of anilines is 1. The van der Waals surface area contributed by atoms with Crippen molar-refractivity contribution in [2.24, 2.45) is 0 Å². The largest absolute Gasteiger partial charge is 0.338 e. The first-order valence-corrected chi connectivity index (χ1v) is 4.47. The second kappa shape index (κ2) is 4.28. The summed E-state index contributed by atoms with van der Waals surface area (Å²) in [6, 6.07) is 0. The van der Waals surface area contributed by atoms with E-state index in [4.69, 9.17) is 16.1 Å². The molecule has 0 aliphatic carbocycles. The fourth-order valence-electron chi connectivity index (χ4n) is 0.807. The van der Waals surface area contributed by atoms with E-state index in [1.54, 1.807) is 0 Å². The highest BCUT2D eigenvalue weighted by Crippen LogP contribution is 2.17. The molecule has 0 radical (unpaired) electrons. The Morgan fingerprint density at radius 2 is 2.31 bits per heavy atom. The molecule has 0 atom stereocenters. The van der Waals surface area contributed by atoms with Crippen LogP contribution in [0.15, 0.2) is 4.52 Å². The molecule has 0 saturated heterocycles. The fraction of sp³-hybridized carbons (Fsp3) is 0.500. The van der Waals surface area contributed by atoms with E-state index in [0.717, 1.165) is 11.3 Å². The van der Waals surface area contributed by atoms with Gasteiger partial charge in [0.15, 0.2) is 0 Å². The van der Waals surface area contributed by atoms with Crippen LogP contribution in [0.1, 0.15) is 17.7 Å². The van der Waals surface area contributed by atoms with Gasteiger partial charge in [0.25, 0.3) is 0 Å². The number of alkyl halides is 1. The van der Waals surface area contributed by atoms with Crippen molar-refractivity contribution in [2.75, 3.05) is 11.2 Å². The van der Waals surface area contributed by atoms with E-state index >= 15 is 0 Å². The molecular formula is C8H11ClN2O2. The van der Waals surface area contributed by atoms with Crippen molar-refractivity contribution in [3.05, 3.63) is 11.3 Å². The van der Waals surface area contributed by atoms with Crippen LogP contribution in [0.5, 0.6) is 0 Å². The van der Waals surface area contributed by atoms with E-state index in [1.807, 2.05) is 13.8 Å². The minimum Gasteiger partial charge on any atom is -0.338 e. The molecule has 4 nitrogen and oxygen atoms in total. The van der Waals surface area contributed by atoms with Gasteiger partial charge >= 0.3 is 0 Å². The van der Waals surface area contributed by atoms with Gasteiger partial charge in [-0.05, 0) is 13.8 Å². The third-order valence-corrected chi connectivity index (χ3v) is 1.92. The number of rotatable bonds is 3. The number of hydrogen-bond acceptors (Lipinski definition) is 3. The third-order valence-electron chi connectivity index (χ3n) is 1.73. The molecule has 0 spiro atoms. The molecule has 0 bridgehead atoms. The lowest BCUT2D eigenvalue weighted by molar-refractivity contribution is -0.115. The number of aromatic nitrogens is 1. The topological polar surface area (TPSA) is 55.1 Å². The number of halogens is 1. The van der Waals surface area contributed by atoms with Crippen LogP contribution in [0.4, 0.5) is 5.88 Å². The Bertz CT molecular complexity index is 309. The number of amides is 1. The van der Waals surface area contributed by atoms with Crippen molar-refractivity contribution in [1.82, 2.24) is 5.16 Å². The Morgan fingerprint density at radius 3 is 2.77 bits per heavy atom. The van der Waals surface area contributed by atoms with Crippen LogP contribution in [0.3, 0.4) is 0 Å². The molecule has 0 fully saturated rings. The lowest BCUT2D eigenvalue weighted by Crippen LogP contribution is -2.11. The Kier molecular flexibility index (Phi) is 3.31. The Balaban J connectivity index is 2.64. The third kappa shape index (κ3) is 2.45. The van der Waals surface area contributed by atoms with Gasteiger partial charge in [-0.15, -0.1) is 11.6 Å². The maximum absolute atomic E-state index is 11.1. The number of hydrogen-bond donors (Lipinski definition) is 1. The van der Waals surface area contributed by atoms with Gasteiger partial charge in [0, 0.05) is 17.9 Å². The molecule has 0 aromatic carbocycles. The lowest BCUT2D eigenvalue weighted by atomic mass is 10.3. The molecular weight excluding hydrogens is 192 g/mol. The summed E-state index contributed by atoms with van der Waals surface area (Å²) in [6.07, 6.45) is 0.279. The molecule has 1 heterocycles. The fourth-order valence-corrected chi connectivity index (χ4v) is 0.979. The van der Waals surface area contributed by atoms with Crippen LogP contribution in [0.25, 0.3) is 0 Å². The second-order valence-corrected chi connectivity index (χ2v) is 3.09. The minimum absolute atomic E-state index is 0.158. The van der Waals surface area contributed by atoms with E-state index in [9.17, 15) is 4.79 Å². The Hall–Kier alpha value is -1.03. The molecule has 72 valence electrons. The zero-order chi connectivity index (χ0) is 9.84. The molecule has 1 rings (SSSR count). The number of aryl methyl sites for hydroxylation is 1. The highest BCUT2D eigenvalue weighted by atomic mass is 35.5. The van der Waals surface area contributed by atoms with Gasteiger partial charge < -0.3 is 4.52 Å². The van der Waals surface area contributed by atoms with Crippen LogP contribution < -0.4 is 5.32 Å². The maximum Gasteiger partial charge on any atom is 0.234 e. The molecule has 5 heteroatoms. The quantitative estimate of drug-likeness (QED) is 0.762. The second-order valence-electron chi connectivity index (χ2n) is 2.71. The van der Waals surface area contributed by atoms with Gasteiger partial charge in [-0.2, -0.15) is 0 Å². The zero-order valence-electron chi connectivity index (χ0n) is 7.56. The average molecular weight is 203 g/mol. The van der Waals surface area contributed by atoms with Crippen molar-refractivity contribution >= 4 is 23.4 Å². The Labute approximate surface area is 81.2 Å². The SMILES string of the molecule is Cc1noc(NC(=O)CCCl)c1C. The summed E-state index contributed by atoms with van der Waals surface area (Å²) in [5, 5.41) is 6.29. The summed E-state index contributed by atoms with van der Waals surface area (Å²) in [5.41, 5.74) is 1.63. The van der Waals surface area contributed by atoms with Crippen LogP contribution >= 0.6 is 11.6 Å². The number of nitrogens with one attached hydrogen (secondary N) is 1. The molecule has 1 aromatic rings. The first kappa shape index (κ1) is 10.1. The summed E-state index contributed by atoms with van der Waals surface area (Å²) < 4.78 is 4.89. The van der Waals surface area contributed by atoms with E-state index in [0.29, 0.717) is 11.8 Å². The monoisotopic (exact) mass is 202 g/mol. The standard InChI is InChI=1S/C8H11ClN2O2/c1-5-6(2)11-13-8(5)10-7(12)3-4-9/h3-4H2,1-2H3,(H,10,12). The van der Waals surface area contributed by atoms with Crippen molar-refractivity contribution in [2.45, 2.75) is 20.3 Å². The molecule has 0 saturated carbocycles. The minimum atomic E-state index is -0.158. The molecule has 1 aromatic heterocycles. The van der Waals surface area contributed by atoms with E-state index in [2.05, 4.69) is 10.5 Å². The predicted octanol–water partition coefficient (Wildman–Crippen LogP) is 1.86. The number of carbonyl (C=O) groups is 1. The molecule has 0 aliphatic heterocycles. The Morgan fingerprint density at radius 1 is 1.62 bits per heavy atom. The molecule has 1 N–H and O–H groups in total. The van der Waals surface area contributed by atoms with Crippen molar-refractivity contribution in [1.29, 1.82) is 0 Å². The van der Waals surface area contributed by atoms with Crippen LogP contribution in [0, 0.1) is 13.8 Å². The molecule has 0 unspecified atom stereocenters. The van der Waals surface area contributed by atoms with E-state index in [-0.39, 0.29) is 12.3 Å². The first-order valence-electron chi connectivity index (χ1n) is 3.94. The van der Waals surface area contributed by atoms with Crippen LogP contribution in [0.2, 0.25) is 0 Å². The smallest absolute Gasteiger partial charge is 0.234 e. The molecule has 1 amide bonds. The van der Waals surface area contributed by atoms with E-state index in [1.165, 1.54) is 0 Å². The summed E-state index contributed by atoms with van der Waals surface area (Å²) in [6.45, 7) is 3.65. The van der Waals surface area contributed by atoms with Crippen molar-refractivity contribution in [3.8, 4) is 0 Å². The van der Waals surface area contributed by atoms with Gasteiger partial charge in [0.05, 0.1) is 5.69 Å². The summed E-state index contributed by atoms with van der Waals surface area (Å²) in [4.78, 5) is 11.1. The maximum atomic E-state index is 11.1. The molecule has 13 heavy (non-hydrogen) atoms. The number of nitrogens with zero attached hydrogens (tertiary/aromatic N) is 1. The summed E-state index contributed by atoms with van der Waals surface area (Å²) in [7, 11) is 0. The van der Waals surface area contributed by atoms with Crippen molar-refractivity contribution in [3.63, 3.8) is 0 Å². The predicted molar refractivity (Wildman–Crippen MR) is 49.9 cm³/mol. The van der Waals surface area contributed by atoms with E-state index < -0.39 is 0 Å². The van der Waals surface area contributed by atoms with Gasteiger partial charge in [-0.3, -0.25) is 10.1 Å². The summed E-state index contributed by atoms with van der Waals surface area (Å²) >= 11 is 5.40. The highest BCUT2D eigenvalue weighted by molar-refractivity contribution is 6.19. The number of carbonyl (C=O) groups excluding carboxylic acids is 1. The average Bonchev–Trinajstić information content (AvgIpc) is 2.37. The van der Waals surface area contributed by atoms with Gasteiger partial charge in [0.2, 0.25) is 11.8 Å². The van der Waals surface area contributed by atoms with Gasteiger partial charge in [-0.25, -0.2) is 0 Å². The highest BCUT2D eigenvalue weighted by Gasteiger charge is 2.10. The lowest BCUT2D eigenvalue weighted by Gasteiger charge is -1.98. The summed E-state index contributed by atoms with van der Waals surface area (Å²) in [5.74, 6) is 0.555. The normalized spacial score (nSPS) is 10.1.